The van der Waals surface area contributed by atoms with Gasteiger partial charge >= 0.3 is 5.97 Å². The Bertz CT molecular complexity index is 418. The van der Waals surface area contributed by atoms with Gasteiger partial charge in [-0.15, -0.1) is 0 Å². The fourth-order valence-corrected chi connectivity index (χ4v) is 1.56. The van der Waals surface area contributed by atoms with Crippen molar-refractivity contribution in [1.82, 2.24) is 5.32 Å². The lowest BCUT2D eigenvalue weighted by molar-refractivity contribution is -0.137. The largest absolute Gasteiger partial charge is 0.481 e. The third-order valence-corrected chi connectivity index (χ3v) is 2.48. The smallest absolute Gasteiger partial charge is 0.303 e. The van der Waals surface area contributed by atoms with E-state index in [0.29, 0.717) is 31.5 Å². The van der Waals surface area contributed by atoms with Crippen LogP contribution in [-0.4, -0.2) is 23.5 Å². The molecule has 5 heteroatoms. The van der Waals surface area contributed by atoms with Crippen molar-refractivity contribution < 1.29 is 14.7 Å². The van der Waals surface area contributed by atoms with Crippen molar-refractivity contribution in [3.8, 4) is 0 Å². The van der Waals surface area contributed by atoms with Crippen LogP contribution in [0.25, 0.3) is 0 Å². The summed E-state index contributed by atoms with van der Waals surface area (Å²) in [6.45, 7) is 0.405. The maximum atomic E-state index is 11.5. The number of rotatable bonds is 7. The van der Waals surface area contributed by atoms with Crippen LogP contribution in [0.5, 0.6) is 0 Å². The number of amides is 1. The lowest BCUT2D eigenvalue weighted by atomic mass is 10.1. The Morgan fingerprint density at radius 3 is 2.72 bits per heavy atom. The van der Waals surface area contributed by atoms with Crippen LogP contribution in [0.4, 0.5) is 5.69 Å². The Labute approximate surface area is 106 Å². The van der Waals surface area contributed by atoms with Gasteiger partial charge in [-0.25, -0.2) is 0 Å². The molecule has 1 rings (SSSR count). The molecule has 18 heavy (non-hydrogen) atoms. The molecular weight excluding hydrogens is 232 g/mol. The number of carboxylic acid groups (broad SMARTS) is 1. The molecule has 0 aliphatic carbocycles. The highest BCUT2D eigenvalue weighted by atomic mass is 16.4. The van der Waals surface area contributed by atoms with E-state index >= 15 is 0 Å². The number of carbonyl (C=O) groups excluding carboxylic acids is 1. The van der Waals surface area contributed by atoms with Gasteiger partial charge in [-0.3, -0.25) is 9.59 Å². The minimum Gasteiger partial charge on any atom is -0.481 e. The van der Waals surface area contributed by atoms with Crippen molar-refractivity contribution in [1.29, 1.82) is 0 Å². The van der Waals surface area contributed by atoms with Crippen molar-refractivity contribution >= 4 is 17.6 Å². The summed E-state index contributed by atoms with van der Waals surface area (Å²) in [5.74, 6) is -0.910. The number of benzene rings is 1. The van der Waals surface area contributed by atoms with Crippen LogP contribution in [0.15, 0.2) is 24.3 Å². The van der Waals surface area contributed by atoms with Gasteiger partial charge in [-0.2, -0.15) is 0 Å². The van der Waals surface area contributed by atoms with Gasteiger partial charge in [-0.1, -0.05) is 12.1 Å². The van der Waals surface area contributed by atoms with Gasteiger partial charge in [0.25, 0.3) is 0 Å². The quantitative estimate of drug-likeness (QED) is 0.500. The van der Waals surface area contributed by atoms with E-state index in [1.165, 1.54) is 0 Å². The number of nitrogen functional groups attached to an aromatic ring is 1. The Hall–Kier alpha value is -2.04. The van der Waals surface area contributed by atoms with Gasteiger partial charge in [-0.05, 0) is 30.5 Å². The molecule has 0 radical (unpaired) electrons. The molecule has 4 N–H and O–H groups in total. The third-order valence-electron chi connectivity index (χ3n) is 2.48. The normalized spacial score (nSPS) is 10.0. The van der Waals surface area contributed by atoms with Crippen molar-refractivity contribution in [2.75, 3.05) is 12.3 Å². The average molecular weight is 250 g/mol. The van der Waals surface area contributed by atoms with Crippen LogP contribution < -0.4 is 11.1 Å². The number of hydrogen-bond donors (Lipinski definition) is 3. The molecule has 0 atom stereocenters. The monoisotopic (exact) mass is 250 g/mol. The van der Waals surface area contributed by atoms with Gasteiger partial charge in [0.1, 0.15) is 0 Å². The van der Waals surface area contributed by atoms with Gasteiger partial charge in [0.05, 0.1) is 0 Å². The van der Waals surface area contributed by atoms with Crippen LogP contribution in [-0.2, 0) is 16.0 Å². The molecule has 0 aliphatic rings. The summed E-state index contributed by atoms with van der Waals surface area (Å²) < 4.78 is 0. The first kappa shape index (κ1) is 14.0. The molecule has 0 bridgehead atoms. The zero-order chi connectivity index (χ0) is 13.4. The summed E-state index contributed by atoms with van der Waals surface area (Å²) in [7, 11) is 0. The molecule has 5 nitrogen and oxygen atoms in total. The fourth-order valence-electron chi connectivity index (χ4n) is 1.56. The Morgan fingerprint density at radius 1 is 1.28 bits per heavy atom. The van der Waals surface area contributed by atoms with Crippen LogP contribution in [0.1, 0.15) is 24.8 Å². The van der Waals surface area contributed by atoms with Crippen LogP contribution >= 0.6 is 0 Å². The number of nitrogens with one attached hydrogen (secondary N) is 1. The summed E-state index contributed by atoms with van der Waals surface area (Å²) in [6, 6.07) is 7.43. The van der Waals surface area contributed by atoms with Crippen LogP contribution in [0.3, 0.4) is 0 Å². The molecule has 0 fully saturated rings. The standard InChI is InChI=1S/C13H18N2O3/c14-11-4-1-3-10(9-11)6-7-12(16)15-8-2-5-13(17)18/h1,3-4,9H,2,5-8,14H2,(H,15,16)(H,17,18). The van der Waals surface area contributed by atoms with Crippen molar-refractivity contribution in [2.24, 2.45) is 0 Å². The summed E-state index contributed by atoms with van der Waals surface area (Å²) >= 11 is 0. The van der Waals surface area contributed by atoms with Gasteiger partial charge in [0.2, 0.25) is 5.91 Å². The van der Waals surface area contributed by atoms with E-state index in [9.17, 15) is 9.59 Å². The number of carbonyl (C=O) groups is 2. The third kappa shape index (κ3) is 5.89. The minimum atomic E-state index is -0.844. The molecule has 0 unspecified atom stereocenters. The zero-order valence-electron chi connectivity index (χ0n) is 10.2. The molecule has 1 amide bonds. The number of aryl methyl sites for hydroxylation is 1. The molecule has 1 aromatic rings. The summed E-state index contributed by atoms with van der Waals surface area (Å²) in [5.41, 5.74) is 7.35. The first-order chi connectivity index (χ1) is 8.58. The molecule has 0 saturated carbocycles. The first-order valence-electron chi connectivity index (χ1n) is 5.91. The van der Waals surface area contributed by atoms with E-state index in [1.54, 1.807) is 6.07 Å². The van der Waals surface area contributed by atoms with Crippen molar-refractivity contribution in [2.45, 2.75) is 25.7 Å². The molecule has 0 aliphatic heterocycles. The summed E-state index contributed by atoms with van der Waals surface area (Å²) in [6.07, 6.45) is 1.56. The Balaban J connectivity index is 2.19. The Morgan fingerprint density at radius 2 is 2.06 bits per heavy atom. The topological polar surface area (TPSA) is 92.4 Å². The van der Waals surface area contributed by atoms with E-state index in [1.807, 2.05) is 18.2 Å². The molecule has 1 aromatic carbocycles. The van der Waals surface area contributed by atoms with E-state index in [2.05, 4.69) is 5.32 Å². The second-order valence-corrected chi connectivity index (χ2v) is 4.09. The molecular formula is C13H18N2O3. The lowest BCUT2D eigenvalue weighted by Crippen LogP contribution is -2.25. The van der Waals surface area contributed by atoms with Gasteiger partial charge in [0.15, 0.2) is 0 Å². The van der Waals surface area contributed by atoms with Gasteiger partial charge < -0.3 is 16.2 Å². The average Bonchev–Trinajstić information content (AvgIpc) is 2.32. The predicted molar refractivity (Wildman–Crippen MR) is 69.1 cm³/mol. The maximum Gasteiger partial charge on any atom is 0.303 e. The highest BCUT2D eigenvalue weighted by molar-refractivity contribution is 5.76. The number of aliphatic carboxylic acids is 1. The second kappa shape index (κ2) is 7.32. The molecule has 0 spiro atoms. The molecule has 98 valence electrons. The van der Waals surface area contributed by atoms with Crippen LogP contribution in [0, 0.1) is 0 Å². The van der Waals surface area contributed by atoms with E-state index < -0.39 is 5.97 Å². The fraction of sp³-hybridized carbons (Fsp3) is 0.385. The minimum absolute atomic E-state index is 0.0668. The highest BCUT2D eigenvalue weighted by Crippen LogP contribution is 2.08. The number of carboxylic acids is 1. The zero-order valence-corrected chi connectivity index (χ0v) is 10.2. The molecule has 0 aromatic heterocycles. The van der Waals surface area contributed by atoms with E-state index in [0.717, 1.165) is 5.56 Å². The molecule has 0 heterocycles. The van der Waals surface area contributed by atoms with E-state index in [-0.39, 0.29) is 12.3 Å². The van der Waals surface area contributed by atoms with Crippen LogP contribution in [0.2, 0.25) is 0 Å². The second-order valence-electron chi connectivity index (χ2n) is 4.09. The predicted octanol–water partition coefficient (Wildman–Crippen LogP) is 1.18. The molecule has 0 saturated heterocycles. The first-order valence-corrected chi connectivity index (χ1v) is 5.91. The number of hydrogen-bond acceptors (Lipinski definition) is 3. The summed E-state index contributed by atoms with van der Waals surface area (Å²) in [5, 5.41) is 11.1. The highest BCUT2D eigenvalue weighted by Gasteiger charge is 2.03. The lowest BCUT2D eigenvalue weighted by Gasteiger charge is -2.05. The summed E-state index contributed by atoms with van der Waals surface area (Å²) in [4.78, 5) is 21.7. The Kier molecular flexibility index (Phi) is 5.70. The SMILES string of the molecule is Nc1cccc(CCC(=O)NCCCC(=O)O)c1. The van der Waals surface area contributed by atoms with Gasteiger partial charge in [0, 0.05) is 25.1 Å². The van der Waals surface area contributed by atoms with E-state index in [4.69, 9.17) is 10.8 Å². The number of anilines is 1. The maximum absolute atomic E-state index is 11.5. The van der Waals surface area contributed by atoms with Crippen molar-refractivity contribution in [3.05, 3.63) is 29.8 Å². The van der Waals surface area contributed by atoms with Crippen molar-refractivity contribution in [3.63, 3.8) is 0 Å². The number of nitrogens with two attached hydrogens (primary N) is 1.